The van der Waals surface area contributed by atoms with Gasteiger partial charge in [0.15, 0.2) is 5.75 Å². The first-order chi connectivity index (χ1) is 13.0. The first-order valence-electron chi connectivity index (χ1n) is 8.94. The average Bonchev–Trinajstić information content (AvgIpc) is 3.18. The average molecular weight is 370 g/mol. The van der Waals surface area contributed by atoms with Crippen LogP contribution in [0.2, 0.25) is 0 Å². The van der Waals surface area contributed by atoms with E-state index in [9.17, 15) is 14.9 Å². The Morgan fingerprint density at radius 3 is 2.67 bits per heavy atom. The summed E-state index contributed by atoms with van der Waals surface area (Å²) in [6.45, 7) is 5.87. The smallest absolute Gasteiger partial charge is 0.311 e. The number of hydrogen-bond donors (Lipinski definition) is 1. The van der Waals surface area contributed by atoms with Gasteiger partial charge in [-0.05, 0) is 51.0 Å². The molecule has 1 aliphatic heterocycles. The third-order valence-corrected chi connectivity index (χ3v) is 4.47. The molecule has 1 amide bonds. The van der Waals surface area contributed by atoms with Crippen molar-refractivity contribution in [2.75, 3.05) is 29.9 Å². The van der Waals surface area contributed by atoms with Gasteiger partial charge < -0.3 is 15.0 Å². The van der Waals surface area contributed by atoms with Crippen molar-refractivity contribution in [2.45, 2.75) is 26.7 Å². The highest BCUT2D eigenvalue weighted by atomic mass is 16.6. The number of rotatable bonds is 6. The molecule has 1 N–H and O–H groups in total. The summed E-state index contributed by atoms with van der Waals surface area (Å²) in [6, 6.07) is 7.87. The van der Waals surface area contributed by atoms with Crippen molar-refractivity contribution in [3.63, 3.8) is 0 Å². The van der Waals surface area contributed by atoms with E-state index >= 15 is 0 Å². The number of nitrogens with zero attached hydrogens (tertiary/aromatic N) is 3. The number of ether oxygens (including phenoxy) is 1. The summed E-state index contributed by atoms with van der Waals surface area (Å²) in [5.41, 5.74) is 1.24. The molecule has 0 saturated carbocycles. The number of hydrogen-bond acceptors (Lipinski definition) is 6. The van der Waals surface area contributed by atoms with Crippen LogP contribution in [0.25, 0.3) is 0 Å². The van der Waals surface area contributed by atoms with E-state index in [1.54, 1.807) is 6.92 Å². The van der Waals surface area contributed by atoms with Crippen LogP contribution >= 0.6 is 0 Å². The number of amides is 1. The molecule has 2 aromatic rings. The van der Waals surface area contributed by atoms with E-state index in [-0.39, 0.29) is 17.0 Å². The van der Waals surface area contributed by atoms with E-state index in [4.69, 9.17) is 4.74 Å². The van der Waals surface area contributed by atoms with Crippen LogP contribution in [0.4, 0.5) is 17.2 Å². The highest BCUT2D eigenvalue weighted by molar-refractivity contribution is 6.05. The third kappa shape index (κ3) is 4.16. The lowest BCUT2D eigenvalue weighted by molar-refractivity contribution is -0.385. The van der Waals surface area contributed by atoms with Crippen molar-refractivity contribution in [1.82, 2.24) is 4.98 Å². The van der Waals surface area contributed by atoms with Gasteiger partial charge in [-0.15, -0.1) is 0 Å². The molecule has 0 aliphatic carbocycles. The highest BCUT2D eigenvalue weighted by Gasteiger charge is 2.20. The molecular weight excluding hydrogens is 348 g/mol. The summed E-state index contributed by atoms with van der Waals surface area (Å²) in [6.07, 6.45) is 2.32. The zero-order valence-electron chi connectivity index (χ0n) is 15.4. The van der Waals surface area contributed by atoms with Gasteiger partial charge in [0.2, 0.25) is 0 Å². The SMILES string of the molecule is CCOc1ccc(C(=O)Nc2ccc(N3CCCC3)nc2C)cc1[N+](=O)[O-]. The number of nitrogens with one attached hydrogen (secondary N) is 1. The van der Waals surface area contributed by atoms with E-state index in [0.29, 0.717) is 18.0 Å². The Morgan fingerprint density at radius 1 is 1.30 bits per heavy atom. The molecule has 0 spiro atoms. The molecule has 1 saturated heterocycles. The highest BCUT2D eigenvalue weighted by Crippen LogP contribution is 2.29. The Kier molecular flexibility index (Phi) is 5.54. The summed E-state index contributed by atoms with van der Waals surface area (Å²) >= 11 is 0. The molecule has 0 bridgehead atoms. The lowest BCUT2D eigenvalue weighted by atomic mass is 10.1. The number of nitro groups is 1. The zero-order chi connectivity index (χ0) is 19.4. The molecule has 0 atom stereocenters. The molecule has 1 aromatic carbocycles. The number of benzene rings is 1. The summed E-state index contributed by atoms with van der Waals surface area (Å²) < 4.78 is 5.24. The fourth-order valence-corrected chi connectivity index (χ4v) is 3.08. The number of pyridine rings is 1. The molecule has 8 heteroatoms. The number of nitro benzene ring substituents is 1. The lowest BCUT2D eigenvalue weighted by Gasteiger charge is -2.18. The van der Waals surface area contributed by atoms with E-state index in [2.05, 4.69) is 15.2 Å². The second-order valence-electron chi connectivity index (χ2n) is 6.32. The van der Waals surface area contributed by atoms with Crippen LogP contribution in [0.1, 0.15) is 35.8 Å². The summed E-state index contributed by atoms with van der Waals surface area (Å²) in [4.78, 5) is 30.0. The lowest BCUT2D eigenvalue weighted by Crippen LogP contribution is -2.20. The Bertz CT molecular complexity index is 863. The van der Waals surface area contributed by atoms with Crippen LogP contribution in [0.5, 0.6) is 5.75 Å². The molecule has 1 aromatic heterocycles. The Morgan fingerprint density at radius 2 is 2.04 bits per heavy atom. The van der Waals surface area contributed by atoms with E-state index in [0.717, 1.165) is 31.7 Å². The van der Waals surface area contributed by atoms with Gasteiger partial charge in [-0.2, -0.15) is 0 Å². The maximum Gasteiger partial charge on any atom is 0.311 e. The van der Waals surface area contributed by atoms with Gasteiger partial charge in [0.25, 0.3) is 5.91 Å². The predicted octanol–water partition coefficient (Wildman–Crippen LogP) is 3.55. The topological polar surface area (TPSA) is 97.6 Å². The van der Waals surface area contributed by atoms with Gasteiger partial charge in [0, 0.05) is 24.7 Å². The van der Waals surface area contributed by atoms with Gasteiger partial charge in [-0.1, -0.05) is 0 Å². The maximum atomic E-state index is 12.5. The van der Waals surface area contributed by atoms with Crippen molar-refractivity contribution in [3.05, 3.63) is 51.7 Å². The Balaban J connectivity index is 1.78. The van der Waals surface area contributed by atoms with Crippen molar-refractivity contribution < 1.29 is 14.5 Å². The van der Waals surface area contributed by atoms with Gasteiger partial charge in [0.1, 0.15) is 5.82 Å². The van der Waals surface area contributed by atoms with Crippen LogP contribution in [0, 0.1) is 17.0 Å². The Labute approximate surface area is 157 Å². The second-order valence-corrected chi connectivity index (χ2v) is 6.32. The fourth-order valence-electron chi connectivity index (χ4n) is 3.08. The van der Waals surface area contributed by atoms with Gasteiger partial charge >= 0.3 is 5.69 Å². The maximum absolute atomic E-state index is 12.5. The molecule has 1 aliphatic rings. The quantitative estimate of drug-likeness (QED) is 0.617. The minimum Gasteiger partial charge on any atom is -0.487 e. The van der Waals surface area contributed by atoms with Crippen LogP contribution < -0.4 is 15.0 Å². The molecule has 3 rings (SSSR count). The number of anilines is 2. The summed E-state index contributed by atoms with van der Waals surface area (Å²) in [5.74, 6) is 0.617. The predicted molar refractivity (Wildman–Crippen MR) is 103 cm³/mol. The number of aromatic nitrogens is 1. The summed E-state index contributed by atoms with van der Waals surface area (Å²) in [5, 5.41) is 14.0. The molecule has 27 heavy (non-hydrogen) atoms. The van der Waals surface area contributed by atoms with Gasteiger partial charge in [0.05, 0.1) is 22.9 Å². The van der Waals surface area contributed by atoms with Crippen LogP contribution in [-0.4, -0.2) is 35.5 Å². The molecular formula is C19H22N4O4. The van der Waals surface area contributed by atoms with Crippen LogP contribution in [-0.2, 0) is 0 Å². The minimum atomic E-state index is -0.556. The minimum absolute atomic E-state index is 0.145. The number of carbonyl (C=O) groups is 1. The van der Waals surface area contributed by atoms with Crippen LogP contribution in [0.15, 0.2) is 30.3 Å². The standard InChI is InChI=1S/C19H22N4O4/c1-3-27-17-8-6-14(12-16(17)23(25)26)19(24)21-15-7-9-18(20-13(15)2)22-10-4-5-11-22/h6-9,12H,3-5,10-11H2,1-2H3,(H,21,24). The molecule has 8 nitrogen and oxygen atoms in total. The van der Waals surface area contributed by atoms with Gasteiger partial charge in [-0.3, -0.25) is 14.9 Å². The third-order valence-electron chi connectivity index (χ3n) is 4.47. The van der Waals surface area contributed by atoms with Crippen LogP contribution in [0.3, 0.4) is 0 Å². The zero-order valence-corrected chi connectivity index (χ0v) is 15.4. The molecule has 0 unspecified atom stereocenters. The largest absolute Gasteiger partial charge is 0.487 e. The summed E-state index contributed by atoms with van der Waals surface area (Å²) in [7, 11) is 0. The molecule has 2 heterocycles. The van der Waals surface area contributed by atoms with E-state index in [1.165, 1.54) is 18.2 Å². The molecule has 0 radical (unpaired) electrons. The van der Waals surface area contributed by atoms with Crippen molar-refractivity contribution in [1.29, 1.82) is 0 Å². The Hall–Kier alpha value is -3.16. The van der Waals surface area contributed by atoms with Crippen molar-refractivity contribution >= 4 is 23.1 Å². The normalized spacial score (nSPS) is 13.5. The first kappa shape index (κ1) is 18.6. The fraction of sp³-hybridized carbons (Fsp3) is 0.368. The van der Waals surface area contributed by atoms with Crippen molar-refractivity contribution in [2.24, 2.45) is 0 Å². The molecule has 142 valence electrons. The van der Waals surface area contributed by atoms with Crippen molar-refractivity contribution in [3.8, 4) is 5.75 Å². The van der Waals surface area contributed by atoms with Gasteiger partial charge in [-0.25, -0.2) is 4.98 Å². The van der Waals surface area contributed by atoms with E-state index < -0.39 is 10.8 Å². The number of carbonyl (C=O) groups excluding carboxylic acids is 1. The monoisotopic (exact) mass is 370 g/mol. The van der Waals surface area contributed by atoms with E-state index in [1.807, 2.05) is 19.1 Å². The first-order valence-corrected chi connectivity index (χ1v) is 8.94. The molecule has 1 fully saturated rings. The second kappa shape index (κ2) is 8.03. The number of aryl methyl sites for hydroxylation is 1.